The number of hydrogen-bond donors (Lipinski definition) is 1. The van der Waals surface area contributed by atoms with Crippen LogP contribution in [0.5, 0.6) is 0 Å². The largest absolute Gasteiger partial charge is 0.382 e. The van der Waals surface area contributed by atoms with E-state index >= 15 is 0 Å². The molecule has 4 aromatic rings. The average Bonchev–Trinajstić information content (AvgIpc) is 2.91. The zero-order valence-electron chi connectivity index (χ0n) is 20.3. The van der Waals surface area contributed by atoms with E-state index in [0.717, 1.165) is 22.4 Å². The number of anilines is 1. The van der Waals surface area contributed by atoms with Crippen molar-refractivity contribution in [2.75, 3.05) is 18.5 Å². The van der Waals surface area contributed by atoms with Crippen LogP contribution in [0.1, 0.15) is 16.7 Å². The molecule has 0 spiro atoms. The normalized spacial score (nSPS) is 12.2. The molecule has 0 bridgehead atoms. The topological polar surface area (TPSA) is 64.6 Å². The Morgan fingerprint density at radius 3 is 1.81 bits per heavy atom. The minimum atomic E-state index is -3.55. The molecule has 6 heteroatoms. The first-order chi connectivity index (χ1) is 17.5. The lowest BCUT2D eigenvalue weighted by molar-refractivity contribution is -0.0225. The van der Waals surface area contributed by atoms with Gasteiger partial charge in [0.2, 0.25) is 9.84 Å². The van der Waals surface area contributed by atoms with Crippen LogP contribution in [-0.2, 0) is 32.5 Å². The van der Waals surface area contributed by atoms with Gasteiger partial charge in [-0.05, 0) is 54.4 Å². The third kappa shape index (κ3) is 7.28. The lowest BCUT2D eigenvalue weighted by atomic mass is 10.2. The minimum Gasteiger partial charge on any atom is -0.382 e. The average molecular weight is 502 g/mol. The number of benzene rings is 4. The highest BCUT2D eigenvalue weighted by atomic mass is 32.2. The van der Waals surface area contributed by atoms with Crippen LogP contribution in [0.25, 0.3) is 0 Å². The van der Waals surface area contributed by atoms with Crippen LogP contribution < -0.4 is 5.32 Å². The van der Waals surface area contributed by atoms with E-state index in [-0.39, 0.29) is 11.0 Å². The molecule has 4 rings (SSSR count). The van der Waals surface area contributed by atoms with Crippen LogP contribution in [0.4, 0.5) is 5.69 Å². The first-order valence-electron chi connectivity index (χ1n) is 11.9. The number of aryl methyl sites for hydroxylation is 1. The molecule has 0 saturated carbocycles. The summed E-state index contributed by atoms with van der Waals surface area (Å²) < 4.78 is 37.9. The van der Waals surface area contributed by atoms with Crippen molar-refractivity contribution >= 4 is 15.5 Å². The Morgan fingerprint density at radius 2 is 1.22 bits per heavy atom. The molecule has 0 amide bonds. The van der Waals surface area contributed by atoms with E-state index in [9.17, 15) is 8.42 Å². The summed E-state index contributed by atoms with van der Waals surface area (Å²) in [5.41, 5.74) is 4.04. The number of hydrogen-bond acceptors (Lipinski definition) is 5. The molecule has 0 aliphatic heterocycles. The predicted octanol–water partition coefficient (Wildman–Crippen LogP) is 6.04. The molecule has 4 aromatic carbocycles. The molecule has 1 N–H and O–H groups in total. The summed E-state index contributed by atoms with van der Waals surface area (Å²) in [6, 6.07) is 33.8. The van der Waals surface area contributed by atoms with Gasteiger partial charge in [-0.3, -0.25) is 0 Å². The number of nitrogens with one attached hydrogen (secondary N) is 1. The molecular formula is C30H31NO4S. The van der Waals surface area contributed by atoms with Crippen LogP contribution in [0.3, 0.4) is 0 Å². The maximum atomic E-state index is 12.9. The summed E-state index contributed by atoms with van der Waals surface area (Å²) in [5, 5.41) is 3.36. The van der Waals surface area contributed by atoms with Gasteiger partial charge in [-0.25, -0.2) is 8.42 Å². The predicted molar refractivity (Wildman–Crippen MR) is 143 cm³/mol. The summed E-state index contributed by atoms with van der Waals surface area (Å²) in [6.45, 7) is 3.87. The lowest BCUT2D eigenvalue weighted by Gasteiger charge is -2.20. The molecule has 0 saturated heterocycles. The highest BCUT2D eigenvalue weighted by Crippen LogP contribution is 2.23. The zero-order chi connectivity index (χ0) is 25.2. The van der Waals surface area contributed by atoms with Crippen molar-refractivity contribution in [3.63, 3.8) is 0 Å². The molecule has 0 aliphatic rings. The van der Waals surface area contributed by atoms with Crippen molar-refractivity contribution in [2.24, 2.45) is 0 Å². The highest BCUT2D eigenvalue weighted by molar-refractivity contribution is 7.91. The molecule has 0 aromatic heterocycles. The minimum absolute atomic E-state index is 0.190. The molecule has 0 fully saturated rings. The zero-order valence-corrected chi connectivity index (χ0v) is 21.2. The maximum Gasteiger partial charge on any atom is 0.206 e. The Hall–Kier alpha value is -3.45. The summed E-state index contributed by atoms with van der Waals surface area (Å²) >= 11 is 0. The van der Waals surface area contributed by atoms with Crippen LogP contribution in [0, 0.1) is 6.92 Å². The van der Waals surface area contributed by atoms with Crippen molar-refractivity contribution < 1.29 is 17.9 Å². The van der Waals surface area contributed by atoms with Gasteiger partial charge in [-0.2, -0.15) is 0 Å². The molecule has 186 valence electrons. The number of ether oxygens (including phenoxy) is 2. The molecule has 36 heavy (non-hydrogen) atoms. The third-order valence-corrected chi connectivity index (χ3v) is 7.56. The third-order valence-electron chi connectivity index (χ3n) is 5.77. The summed E-state index contributed by atoms with van der Waals surface area (Å²) in [6.07, 6.45) is -0.190. The SMILES string of the molecule is Cc1ccc(S(=O)(=O)c2ccc(NCC(COCc3ccccc3)OCc3ccccc3)cc2)cc1. The van der Waals surface area contributed by atoms with Crippen molar-refractivity contribution in [1.29, 1.82) is 0 Å². The molecule has 0 heterocycles. The highest BCUT2D eigenvalue weighted by Gasteiger charge is 2.17. The Balaban J connectivity index is 1.37. The second-order valence-corrected chi connectivity index (χ2v) is 10.6. The second-order valence-electron chi connectivity index (χ2n) is 8.64. The quantitative estimate of drug-likeness (QED) is 0.256. The van der Waals surface area contributed by atoms with E-state index in [1.165, 1.54) is 0 Å². The van der Waals surface area contributed by atoms with Crippen LogP contribution in [-0.4, -0.2) is 27.7 Å². The Kier molecular flexibility index (Phi) is 8.90. The van der Waals surface area contributed by atoms with Gasteiger partial charge in [0, 0.05) is 12.2 Å². The Labute approximate surface area is 213 Å². The van der Waals surface area contributed by atoms with Gasteiger partial charge in [0.25, 0.3) is 0 Å². The van der Waals surface area contributed by atoms with Crippen molar-refractivity contribution in [3.05, 3.63) is 126 Å². The van der Waals surface area contributed by atoms with Crippen molar-refractivity contribution in [3.8, 4) is 0 Å². The number of rotatable bonds is 12. The molecule has 0 radical (unpaired) electrons. The molecule has 1 unspecified atom stereocenters. The smallest absolute Gasteiger partial charge is 0.206 e. The Morgan fingerprint density at radius 1 is 0.694 bits per heavy atom. The van der Waals surface area contributed by atoms with Gasteiger partial charge in [0.1, 0.15) is 0 Å². The van der Waals surface area contributed by atoms with E-state index in [1.807, 2.05) is 67.6 Å². The second kappa shape index (κ2) is 12.5. The Bertz CT molecular complexity index is 1310. The van der Waals surface area contributed by atoms with E-state index in [0.29, 0.717) is 31.3 Å². The van der Waals surface area contributed by atoms with E-state index < -0.39 is 9.84 Å². The van der Waals surface area contributed by atoms with E-state index in [1.54, 1.807) is 48.5 Å². The van der Waals surface area contributed by atoms with Crippen LogP contribution in [0.15, 0.2) is 119 Å². The number of sulfone groups is 1. The van der Waals surface area contributed by atoms with Gasteiger partial charge in [-0.1, -0.05) is 78.4 Å². The van der Waals surface area contributed by atoms with E-state index in [4.69, 9.17) is 9.47 Å². The van der Waals surface area contributed by atoms with Gasteiger partial charge in [0.15, 0.2) is 0 Å². The van der Waals surface area contributed by atoms with Crippen LogP contribution in [0.2, 0.25) is 0 Å². The molecule has 5 nitrogen and oxygen atoms in total. The van der Waals surface area contributed by atoms with Gasteiger partial charge < -0.3 is 14.8 Å². The molecule has 0 aliphatic carbocycles. The monoisotopic (exact) mass is 501 g/mol. The summed E-state index contributed by atoms with van der Waals surface area (Å²) in [7, 11) is -3.55. The fraction of sp³-hybridized carbons (Fsp3) is 0.200. The van der Waals surface area contributed by atoms with Crippen molar-refractivity contribution in [2.45, 2.75) is 36.0 Å². The fourth-order valence-corrected chi connectivity index (χ4v) is 4.93. The maximum absolute atomic E-state index is 12.9. The first-order valence-corrected chi connectivity index (χ1v) is 13.4. The van der Waals surface area contributed by atoms with Gasteiger partial charge in [0.05, 0.1) is 35.7 Å². The van der Waals surface area contributed by atoms with Crippen molar-refractivity contribution in [1.82, 2.24) is 0 Å². The summed E-state index contributed by atoms with van der Waals surface area (Å²) in [4.78, 5) is 0.554. The van der Waals surface area contributed by atoms with Gasteiger partial charge >= 0.3 is 0 Å². The van der Waals surface area contributed by atoms with Gasteiger partial charge in [-0.15, -0.1) is 0 Å². The lowest BCUT2D eigenvalue weighted by Crippen LogP contribution is -2.28. The standard InChI is InChI=1S/C30H31NO4S/c1-24-12-16-29(17-13-24)36(32,33)30-18-14-27(15-19-30)31-20-28(35-22-26-10-6-3-7-11-26)23-34-21-25-8-4-2-5-9-25/h2-19,28,31H,20-23H2,1H3. The molecule has 1 atom stereocenters. The molecular weight excluding hydrogens is 470 g/mol. The van der Waals surface area contributed by atoms with Crippen LogP contribution >= 0.6 is 0 Å². The summed E-state index contributed by atoms with van der Waals surface area (Å²) in [5.74, 6) is 0. The fourth-order valence-electron chi connectivity index (χ4n) is 3.67. The van der Waals surface area contributed by atoms with E-state index in [2.05, 4.69) is 5.32 Å². The first kappa shape index (κ1) is 25.6.